The van der Waals surface area contributed by atoms with Crippen LogP contribution in [0.2, 0.25) is 0 Å². The summed E-state index contributed by atoms with van der Waals surface area (Å²) in [5, 5.41) is 8.52. The largest absolute Gasteiger partial charge is 0.273 e. The number of nitrogens with one attached hydrogen (secondary N) is 2. The summed E-state index contributed by atoms with van der Waals surface area (Å²) < 4.78 is 0. The van der Waals surface area contributed by atoms with Crippen LogP contribution >= 0.6 is 0 Å². The lowest BCUT2D eigenvalue weighted by Gasteiger charge is -2.06. The van der Waals surface area contributed by atoms with Crippen molar-refractivity contribution in [2.75, 3.05) is 0 Å². The molecule has 0 heterocycles. The predicted molar refractivity (Wildman–Crippen MR) is 172 cm³/mol. The number of hydrogen-bond donors (Lipinski definition) is 2. The lowest BCUT2D eigenvalue weighted by atomic mass is 10.0. The van der Waals surface area contributed by atoms with Crippen LogP contribution in [0.3, 0.4) is 0 Å². The van der Waals surface area contributed by atoms with E-state index in [2.05, 4.69) is 69.6 Å². The summed E-state index contributed by atoms with van der Waals surface area (Å²) in [5.41, 5.74) is 13.4. The molecule has 2 amide bonds. The Bertz CT molecular complexity index is 1380. The summed E-state index contributed by atoms with van der Waals surface area (Å²) in [7, 11) is 0. The molecule has 0 unspecified atom stereocenters. The first-order chi connectivity index (χ1) is 20.5. The highest BCUT2D eigenvalue weighted by Gasteiger charge is 2.05. The van der Waals surface area contributed by atoms with Crippen molar-refractivity contribution in [3.8, 4) is 22.3 Å². The van der Waals surface area contributed by atoms with Crippen LogP contribution in [0.25, 0.3) is 22.3 Å². The first kappa shape index (κ1) is 30.1. The van der Waals surface area contributed by atoms with Gasteiger partial charge in [-0.2, -0.15) is 10.2 Å². The monoisotopic (exact) mass is 558 g/mol. The molecule has 0 aliphatic heterocycles. The van der Waals surface area contributed by atoms with E-state index in [1.807, 2.05) is 74.5 Å². The highest BCUT2D eigenvalue weighted by molar-refractivity contribution is 6.00. The average molecular weight is 559 g/mol. The van der Waals surface area contributed by atoms with E-state index in [4.69, 9.17) is 0 Å². The van der Waals surface area contributed by atoms with Gasteiger partial charge in [-0.1, -0.05) is 122 Å². The molecule has 6 heteroatoms. The third-order valence-electron chi connectivity index (χ3n) is 7.07. The zero-order valence-corrected chi connectivity index (χ0v) is 24.3. The van der Waals surface area contributed by atoms with Crippen molar-refractivity contribution in [1.82, 2.24) is 10.9 Å². The highest BCUT2D eigenvalue weighted by Crippen LogP contribution is 2.20. The van der Waals surface area contributed by atoms with Crippen molar-refractivity contribution in [2.24, 2.45) is 10.2 Å². The van der Waals surface area contributed by atoms with Crippen molar-refractivity contribution in [2.45, 2.75) is 52.4 Å². The molecule has 0 aromatic heterocycles. The lowest BCUT2D eigenvalue weighted by molar-refractivity contribution is -0.122. The second kappa shape index (κ2) is 15.8. The third-order valence-corrected chi connectivity index (χ3v) is 7.07. The van der Waals surface area contributed by atoms with Gasteiger partial charge in [0.05, 0.1) is 11.4 Å². The minimum Gasteiger partial charge on any atom is -0.273 e. The summed E-state index contributed by atoms with van der Waals surface area (Å²) in [6, 6.07) is 36.7. The Kier molecular flexibility index (Phi) is 11.3. The number of amides is 2. The summed E-state index contributed by atoms with van der Waals surface area (Å²) in [6.45, 7) is 3.77. The third kappa shape index (κ3) is 9.37. The molecule has 0 bridgehead atoms. The van der Waals surface area contributed by atoms with Gasteiger partial charge in [0.2, 0.25) is 11.8 Å². The van der Waals surface area contributed by atoms with Gasteiger partial charge in [0.15, 0.2) is 0 Å². The molecule has 4 rings (SSSR count). The molecule has 0 aliphatic rings. The number of rotatable bonds is 13. The van der Waals surface area contributed by atoms with Gasteiger partial charge >= 0.3 is 0 Å². The quantitative estimate of drug-likeness (QED) is 0.0999. The van der Waals surface area contributed by atoms with E-state index in [-0.39, 0.29) is 11.8 Å². The molecule has 214 valence electrons. The molecule has 0 fully saturated rings. The molecule has 2 N–H and O–H groups in total. The van der Waals surface area contributed by atoms with Crippen LogP contribution in [0.4, 0.5) is 0 Å². The number of unbranched alkanes of at least 4 members (excludes halogenated alkanes) is 3. The van der Waals surface area contributed by atoms with Crippen molar-refractivity contribution < 1.29 is 9.59 Å². The Balaban J connectivity index is 1.09. The van der Waals surface area contributed by atoms with Crippen LogP contribution < -0.4 is 10.9 Å². The van der Waals surface area contributed by atoms with Crippen molar-refractivity contribution >= 4 is 23.2 Å². The van der Waals surface area contributed by atoms with Crippen LogP contribution in [0.1, 0.15) is 63.5 Å². The molecule has 0 atom stereocenters. The molecular weight excluding hydrogens is 520 g/mol. The Morgan fingerprint density at radius 3 is 1.17 bits per heavy atom. The van der Waals surface area contributed by atoms with Crippen molar-refractivity contribution in [3.05, 3.63) is 120 Å². The maximum Gasteiger partial charge on any atom is 0.240 e. The Labute approximate surface area is 248 Å². The van der Waals surface area contributed by atoms with Gasteiger partial charge in [-0.3, -0.25) is 9.59 Å². The van der Waals surface area contributed by atoms with Crippen molar-refractivity contribution in [1.29, 1.82) is 0 Å². The number of nitrogens with zero attached hydrogens (tertiary/aromatic N) is 2. The second-order valence-electron chi connectivity index (χ2n) is 10.3. The van der Waals surface area contributed by atoms with E-state index < -0.39 is 0 Å². The maximum atomic E-state index is 12.2. The zero-order valence-electron chi connectivity index (χ0n) is 24.3. The van der Waals surface area contributed by atoms with E-state index in [9.17, 15) is 9.59 Å². The second-order valence-corrected chi connectivity index (χ2v) is 10.3. The number of carbonyl (C=O) groups excluding carboxylic acids is 2. The van der Waals surface area contributed by atoms with Crippen LogP contribution in [-0.2, 0) is 9.59 Å². The first-order valence-corrected chi connectivity index (χ1v) is 14.5. The van der Waals surface area contributed by atoms with E-state index in [0.29, 0.717) is 12.8 Å². The Morgan fingerprint density at radius 2 is 0.810 bits per heavy atom. The smallest absolute Gasteiger partial charge is 0.240 e. The normalized spacial score (nSPS) is 11.7. The lowest BCUT2D eigenvalue weighted by Crippen LogP contribution is -2.19. The topological polar surface area (TPSA) is 82.9 Å². The van der Waals surface area contributed by atoms with Gasteiger partial charge in [0, 0.05) is 12.8 Å². The summed E-state index contributed by atoms with van der Waals surface area (Å²) in [5.74, 6) is -0.204. The molecule has 0 spiro atoms. The number of carbonyl (C=O) groups is 2. The van der Waals surface area contributed by atoms with Crippen LogP contribution in [0, 0.1) is 0 Å². The number of benzene rings is 4. The highest BCUT2D eigenvalue weighted by atomic mass is 16.2. The summed E-state index contributed by atoms with van der Waals surface area (Å²) >= 11 is 0. The fraction of sp³-hybridized carbons (Fsp3) is 0.222. The van der Waals surface area contributed by atoms with E-state index in [0.717, 1.165) is 70.5 Å². The van der Waals surface area contributed by atoms with Gasteiger partial charge in [-0.15, -0.1) is 0 Å². The molecular formula is C36H38N4O2. The average Bonchev–Trinajstić information content (AvgIpc) is 3.05. The van der Waals surface area contributed by atoms with E-state index >= 15 is 0 Å². The summed E-state index contributed by atoms with van der Waals surface area (Å²) in [4.78, 5) is 24.4. The summed E-state index contributed by atoms with van der Waals surface area (Å²) in [6.07, 6.45) is 4.07. The SMILES string of the molecule is C/C(=N\NC(=O)CCCCCCC(=O)N/N=C(\C)c1ccc(-c2ccccc2)cc1)c1ccc(-c2ccccc2)cc1. The van der Waals surface area contributed by atoms with Gasteiger partial charge < -0.3 is 0 Å². The molecule has 4 aromatic rings. The molecule has 6 nitrogen and oxygen atoms in total. The van der Waals surface area contributed by atoms with E-state index in [1.54, 1.807) is 0 Å². The van der Waals surface area contributed by atoms with Crippen LogP contribution in [-0.4, -0.2) is 23.2 Å². The molecule has 4 aromatic carbocycles. The Morgan fingerprint density at radius 1 is 0.476 bits per heavy atom. The standard InChI is InChI=1S/C36H38N4O2/c1-27(29-19-23-33(24-20-29)31-13-7-5-8-14-31)37-39-35(41)17-11-3-4-12-18-36(42)40-38-28(2)30-21-25-34(26-22-30)32-15-9-6-10-16-32/h5-10,13-16,19-26H,3-4,11-12,17-18H2,1-2H3,(H,39,41)(H,40,42)/b37-27+,38-28+. The van der Waals surface area contributed by atoms with Crippen LogP contribution in [0.15, 0.2) is 119 Å². The van der Waals surface area contributed by atoms with Crippen LogP contribution in [0.5, 0.6) is 0 Å². The minimum atomic E-state index is -0.102. The fourth-order valence-electron chi connectivity index (χ4n) is 4.53. The molecule has 0 aliphatic carbocycles. The van der Waals surface area contributed by atoms with E-state index in [1.165, 1.54) is 0 Å². The predicted octanol–water partition coefficient (Wildman–Crippen LogP) is 7.74. The van der Waals surface area contributed by atoms with Crippen molar-refractivity contribution in [3.63, 3.8) is 0 Å². The Hall–Kier alpha value is -4.84. The molecule has 0 radical (unpaired) electrons. The molecule has 0 saturated heterocycles. The minimum absolute atomic E-state index is 0.102. The fourth-order valence-corrected chi connectivity index (χ4v) is 4.53. The number of hydrogen-bond acceptors (Lipinski definition) is 4. The number of hydrazone groups is 2. The van der Waals surface area contributed by atoms with Gasteiger partial charge in [0.25, 0.3) is 0 Å². The van der Waals surface area contributed by atoms with Gasteiger partial charge in [-0.25, -0.2) is 10.9 Å². The zero-order chi connectivity index (χ0) is 29.6. The maximum absolute atomic E-state index is 12.2. The first-order valence-electron chi connectivity index (χ1n) is 14.5. The van der Waals surface area contributed by atoms with Gasteiger partial charge in [-0.05, 0) is 60.1 Å². The van der Waals surface area contributed by atoms with Gasteiger partial charge in [0.1, 0.15) is 0 Å². The molecule has 0 saturated carbocycles. The molecule has 42 heavy (non-hydrogen) atoms.